The Labute approximate surface area is 192 Å². The summed E-state index contributed by atoms with van der Waals surface area (Å²) >= 11 is 0. The Hall–Kier alpha value is -3.32. The Morgan fingerprint density at radius 3 is 2.79 bits per heavy atom. The molecule has 1 aliphatic carbocycles. The first-order chi connectivity index (χ1) is 16.1. The predicted molar refractivity (Wildman–Crippen MR) is 130 cm³/mol. The maximum Gasteiger partial charge on any atom is 0.276 e. The summed E-state index contributed by atoms with van der Waals surface area (Å²) in [6.45, 7) is 4.11. The average Bonchev–Trinajstić information content (AvgIpc) is 3.13. The van der Waals surface area contributed by atoms with Gasteiger partial charge in [0.25, 0.3) is 11.1 Å². The predicted octanol–water partition coefficient (Wildman–Crippen LogP) is 3.79. The lowest BCUT2D eigenvalue weighted by Crippen LogP contribution is -2.26. The summed E-state index contributed by atoms with van der Waals surface area (Å²) < 4.78 is 14.2. The zero-order valence-electron chi connectivity index (χ0n) is 19.3. The first-order valence-electron chi connectivity index (χ1n) is 11.5. The van der Waals surface area contributed by atoms with Gasteiger partial charge in [0.05, 0.1) is 24.6 Å². The van der Waals surface area contributed by atoms with Gasteiger partial charge in [0, 0.05) is 37.9 Å². The molecule has 1 N–H and O–H groups in total. The topological polar surface area (TPSA) is 78.2 Å². The molecule has 0 saturated carbocycles. The molecule has 0 aliphatic heterocycles. The third-order valence-electron chi connectivity index (χ3n) is 5.92. The molecular weight excluding hydrogens is 418 g/mol. The Balaban J connectivity index is 1.79. The number of aromatic nitrogens is 3. The Morgan fingerprint density at radius 1 is 1.15 bits per heavy atom. The van der Waals surface area contributed by atoms with Crippen molar-refractivity contribution in [3.8, 4) is 5.75 Å². The van der Waals surface area contributed by atoms with Crippen LogP contribution in [0.15, 0.2) is 63.7 Å². The maximum atomic E-state index is 13.5. The van der Waals surface area contributed by atoms with Crippen LogP contribution in [0.5, 0.6) is 5.75 Å². The number of H-pyrrole nitrogens is 1. The molecule has 7 nitrogen and oxygen atoms in total. The minimum atomic E-state index is -0.123. The van der Waals surface area contributed by atoms with Gasteiger partial charge in [0.15, 0.2) is 0 Å². The summed E-state index contributed by atoms with van der Waals surface area (Å²) in [4.78, 5) is 26.6. The molecule has 4 rings (SSSR count). The van der Waals surface area contributed by atoms with Crippen LogP contribution in [0.2, 0.25) is 0 Å². The van der Waals surface area contributed by atoms with Crippen molar-refractivity contribution in [1.82, 2.24) is 14.3 Å². The molecule has 0 radical (unpaired) electrons. The van der Waals surface area contributed by atoms with Gasteiger partial charge in [-0.05, 0) is 49.5 Å². The Kier molecular flexibility index (Phi) is 7.29. The lowest BCUT2D eigenvalue weighted by atomic mass is 10.1. The number of pyridine rings is 1. The summed E-state index contributed by atoms with van der Waals surface area (Å²) in [5.74, 6) is 0.743. The molecule has 3 aromatic rings. The van der Waals surface area contributed by atoms with Gasteiger partial charge < -0.3 is 14.0 Å². The summed E-state index contributed by atoms with van der Waals surface area (Å²) in [5.41, 5.74) is 3.13. The van der Waals surface area contributed by atoms with Crippen LogP contribution in [-0.2, 0) is 24.2 Å². The molecule has 2 heterocycles. The summed E-state index contributed by atoms with van der Waals surface area (Å²) in [5, 5.41) is 3.74. The molecule has 0 amide bonds. The third-order valence-corrected chi connectivity index (χ3v) is 5.92. The van der Waals surface area contributed by atoms with Crippen LogP contribution in [0.3, 0.4) is 0 Å². The number of rotatable bonds is 10. The van der Waals surface area contributed by atoms with E-state index in [1.807, 2.05) is 31.2 Å². The van der Waals surface area contributed by atoms with Crippen LogP contribution >= 0.6 is 0 Å². The van der Waals surface area contributed by atoms with Crippen molar-refractivity contribution >= 4 is 10.9 Å². The van der Waals surface area contributed by atoms with Crippen LogP contribution in [0.25, 0.3) is 10.9 Å². The molecule has 2 aromatic heterocycles. The first-order valence-corrected chi connectivity index (χ1v) is 11.5. The molecule has 0 spiro atoms. The van der Waals surface area contributed by atoms with Crippen LogP contribution in [0.1, 0.15) is 37.4 Å². The molecule has 0 bridgehead atoms. The van der Waals surface area contributed by atoms with Gasteiger partial charge in [-0.25, -0.2) is 4.68 Å². The van der Waals surface area contributed by atoms with Gasteiger partial charge in [-0.3, -0.25) is 14.7 Å². The van der Waals surface area contributed by atoms with Crippen molar-refractivity contribution in [2.75, 3.05) is 20.3 Å². The Morgan fingerprint density at radius 2 is 2.03 bits per heavy atom. The van der Waals surface area contributed by atoms with Crippen molar-refractivity contribution in [3.63, 3.8) is 0 Å². The fraction of sp³-hybridized carbons (Fsp3) is 0.385. The van der Waals surface area contributed by atoms with E-state index in [2.05, 4.69) is 23.3 Å². The second-order valence-corrected chi connectivity index (χ2v) is 8.21. The zero-order chi connectivity index (χ0) is 23.2. The van der Waals surface area contributed by atoms with Gasteiger partial charge >= 0.3 is 0 Å². The van der Waals surface area contributed by atoms with Crippen molar-refractivity contribution in [3.05, 3.63) is 86.1 Å². The van der Waals surface area contributed by atoms with Gasteiger partial charge in [-0.15, -0.1) is 0 Å². The number of allylic oxidation sites excluding steroid dienone is 4. The number of nitrogens with zero attached hydrogens (tertiary/aromatic N) is 2. The van der Waals surface area contributed by atoms with E-state index in [0.29, 0.717) is 50.0 Å². The van der Waals surface area contributed by atoms with E-state index < -0.39 is 0 Å². The third kappa shape index (κ3) is 5.20. The number of ether oxygens (including phenoxy) is 2. The van der Waals surface area contributed by atoms with Gasteiger partial charge in [0.1, 0.15) is 5.75 Å². The van der Waals surface area contributed by atoms with E-state index in [0.717, 1.165) is 35.4 Å². The number of nitrogens with one attached hydrogen (secondary N) is 1. The summed E-state index contributed by atoms with van der Waals surface area (Å²) in [7, 11) is 1.63. The highest BCUT2D eigenvalue weighted by atomic mass is 16.5. The smallest absolute Gasteiger partial charge is 0.276 e. The number of methoxy groups -OCH3 is 1. The van der Waals surface area contributed by atoms with Gasteiger partial charge in [0.2, 0.25) is 0 Å². The molecular formula is C26H31N3O4. The Bertz CT molecular complexity index is 1290. The molecule has 0 unspecified atom stereocenters. The lowest BCUT2D eigenvalue weighted by Gasteiger charge is -2.14. The van der Waals surface area contributed by atoms with E-state index in [1.165, 1.54) is 6.07 Å². The van der Waals surface area contributed by atoms with Gasteiger partial charge in [-0.1, -0.05) is 30.4 Å². The largest absolute Gasteiger partial charge is 0.497 e. The van der Waals surface area contributed by atoms with Gasteiger partial charge in [-0.2, -0.15) is 0 Å². The number of fused-ring (bicyclic) bond motifs is 1. The second kappa shape index (κ2) is 10.5. The fourth-order valence-corrected chi connectivity index (χ4v) is 4.31. The molecule has 0 saturated heterocycles. The SMILES string of the molecule is CCOCCCn1c(Cc2cccc(OC)c2)c2c(=O)n(CC3=CCCC=C3)[nH]c2cc1=O. The van der Waals surface area contributed by atoms with Crippen LogP contribution < -0.4 is 15.9 Å². The molecule has 1 aliphatic rings. The van der Waals surface area contributed by atoms with Crippen molar-refractivity contribution in [2.24, 2.45) is 0 Å². The highest BCUT2D eigenvalue weighted by molar-refractivity contribution is 5.80. The molecule has 1 aromatic carbocycles. The van der Waals surface area contributed by atoms with E-state index in [4.69, 9.17) is 9.47 Å². The number of aromatic amines is 1. The minimum Gasteiger partial charge on any atom is -0.497 e. The molecule has 0 atom stereocenters. The highest BCUT2D eigenvalue weighted by Gasteiger charge is 2.18. The molecule has 33 heavy (non-hydrogen) atoms. The van der Waals surface area contributed by atoms with E-state index in [1.54, 1.807) is 16.4 Å². The van der Waals surface area contributed by atoms with Crippen molar-refractivity contribution in [1.29, 1.82) is 0 Å². The zero-order valence-corrected chi connectivity index (χ0v) is 19.3. The van der Waals surface area contributed by atoms with Crippen LogP contribution in [-0.4, -0.2) is 34.7 Å². The number of hydrogen-bond acceptors (Lipinski definition) is 4. The van der Waals surface area contributed by atoms with E-state index >= 15 is 0 Å². The molecule has 174 valence electrons. The summed E-state index contributed by atoms with van der Waals surface area (Å²) in [6.07, 6.45) is 9.49. The fourth-order valence-electron chi connectivity index (χ4n) is 4.31. The quantitative estimate of drug-likeness (QED) is 0.478. The normalized spacial score (nSPS) is 13.5. The van der Waals surface area contributed by atoms with E-state index in [-0.39, 0.29) is 11.1 Å². The van der Waals surface area contributed by atoms with Crippen molar-refractivity contribution < 1.29 is 9.47 Å². The standard InChI is InChI=1S/C26H31N3O4/c1-3-33-14-8-13-28-23(16-20-11-7-12-21(15-20)32-2)25-22(17-24(28)30)27-29(26(25)31)18-19-9-5-4-6-10-19/h5,7,9-12,15,17,27H,3-4,6,8,13-14,16,18H2,1-2H3. The maximum absolute atomic E-state index is 13.5. The van der Waals surface area contributed by atoms with Crippen molar-refractivity contribution in [2.45, 2.75) is 45.7 Å². The molecule has 7 heteroatoms. The number of benzene rings is 1. The monoisotopic (exact) mass is 449 g/mol. The molecule has 0 fully saturated rings. The highest BCUT2D eigenvalue weighted by Crippen LogP contribution is 2.20. The second-order valence-electron chi connectivity index (χ2n) is 8.21. The first kappa shape index (κ1) is 22.9. The number of hydrogen-bond donors (Lipinski definition) is 1. The minimum absolute atomic E-state index is 0.110. The van der Waals surface area contributed by atoms with Crippen LogP contribution in [0.4, 0.5) is 0 Å². The lowest BCUT2D eigenvalue weighted by molar-refractivity contribution is 0.141. The summed E-state index contributed by atoms with van der Waals surface area (Å²) in [6, 6.07) is 9.26. The van der Waals surface area contributed by atoms with Crippen LogP contribution in [0, 0.1) is 0 Å². The van der Waals surface area contributed by atoms with E-state index in [9.17, 15) is 9.59 Å². The average molecular weight is 450 g/mol.